The molecule has 2 rings (SSSR count). The first-order valence-electron chi connectivity index (χ1n) is 5.35. The summed E-state index contributed by atoms with van der Waals surface area (Å²) in [6, 6.07) is 4.61. The number of phenolic OH excluding ortho intramolecular Hbond substituents is 1. The SMILES string of the molecule is CC(C)N1N=C(Br)c2ccc(O)cc2C1C=O. The highest BCUT2D eigenvalue weighted by Gasteiger charge is 2.29. The number of rotatable bonds is 2. The number of aldehydes is 1. The van der Waals surface area contributed by atoms with Gasteiger partial charge < -0.3 is 9.90 Å². The van der Waals surface area contributed by atoms with E-state index in [0.29, 0.717) is 4.62 Å². The van der Waals surface area contributed by atoms with Crippen LogP contribution in [-0.4, -0.2) is 27.1 Å². The fourth-order valence-electron chi connectivity index (χ4n) is 1.91. The zero-order valence-electron chi connectivity index (χ0n) is 9.59. The van der Waals surface area contributed by atoms with Crippen molar-refractivity contribution in [3.05, 3.63) is 29.3 Å². The standard InChI is InChI=1S/C12H13BrN2O2/c1-7(2)15-11(6-16)10-5-8(17)3-4-9(10)12(13)14-15/h3-7,11,17H,1-2H3. The number of phenols is 1. The molecule has 0 fully saturated rings. The lowest BCUT2D eigenvalue weighted by molar-refractivity contribution is -0.113. The van der Waals surface area contributed by atoms with Crippen molar-refractivity contribution in [2.75, 3.05) is 0 Å². The second kappa shape index (κ2) is 4.49. The molecule has 90 valence electrons. The van der Waals surface area contributed by atoms with Gasteiger partial charge >= 0.3 is 0 Å². The van der Waals surface area contributed by atoms with Gasteiger partial charge in [-0.3, -0.25) is 5.01 Å². The van der Waals surface area contributed by atoms with E-state index in [2.05, 4.69) is 21.0 Å². The van der Waals surface area contributed by atoms with Crippen molar-refractivity contribution in [3.63, 3.8) is 0 Å². The van der Waals surface area contributed by atoms with Crippen LogP contribution in [0.15, 0.2) is 23.3 Å². The van der Waals surface area contributed by atoms with Gasteiger partial charge in [-0.05, 0) is 53.5 Å². The number of aromatic hydroxyl groups is 1. The van der Waals surface area contributed by atoms with Crippen molar-refractivity contribution >= 4 is 26.8 Å². The van der Waals surface area contributed by atoms with Gasteiger partial charge in [0.15, 0.2) is 0 Å². The fourth-order valence-corrected chi connectivity index (χ4v) is 2.46. The van der Waals surface area contributed by atoms with E-state index in [4.69, 9.17) is 0 Å². The lowest BCUT2D eigenvalue weighted by Gasteiger charge is -2.34. The third-order valence-corrected chi connectivity index (χ3v) is 3.31. The average Bonchev–Trinajstić information content (AvgIpc) is 2.28. The summed E-state index contributed by atoms with van der Waals surface area (Å²) in [5, 5.41) is 15.6. The molecule has 1 aliphatic heterocycles. The third-order valence-electron chi connectivity index (χ3n) is 2.72. The molecular formula is C12H13BrN2O2. The van der Waals surface area contributed by atoms with Gasteiger partial charge in [0.25, 0.3) is 0 Å². The van der Waals surface area contributed by atoms with E-state index in [0.717, 1.165) is 17.4 Å². The molecule has 1 atom stereocenters. The Balaban J connectivity index is 2.58. The normalized spacial score (nSPS) is 18.9. The van der Waals surface area contributed by atoms with Crippen molar-refractivity contribution < 1.29 is 9.90 Å². The maximum Gasteiger partial charge on any atom is 0.148 e. The van der Waals surface area contributed by atoms with Gasteiger partial charge in [0.05, 0.1) is 0 Å². The van der Waals surface area contributed by atoms with Gasteiger partial charge in [0, 0.05) is 11.6 Å². The molecule has 0 aliphatic carbocycles. The molecule has 0 amide bonds. The van der Waals surface area contributed by atoms with Gasteiger partial charge in [-0.15, -0.1) is 0 Å². The van der Waals surface area contributed by atoms with Gasteiger partial charge in [-0.1, -0.05) is 0 Å². The molecule has 5 heteroatoms. The minimum Gasteiger partial charge on any atom is -0.508 e. The second-order valence-corrected chi connectivity index (χ2v) is 4.97. The zero-order valence-corrected chi connectivity index (χ0v) is 11.2. The topological polar surface area (TPSA) is 52.9 Å². The molecule has 0 saturated carbocycles. The first-order valence-corrected chi connectivity index (χ1v) is 6.15. The van der Waals surface area contributed by atoms with Crippen LogP contribution in [0.25, 0.3) is 0 Å². The summed E-state index contributed by atoms with van der Waals surface area (Å²) in [7, 11) is 0. The number of carbonyl (C=O) groups is 1. The third kappa shape index (κ3) is 2.07. The van der Waals surface area contributed by atoms with Crippen LogP contribution < -0.4 is 0 Å². The van der Waals surface area contributed by atoms with E-state index in [-0.39, 0.29) is 11.8 Å². The van der Waals surface area contributed by atoms with Crippen LogP contribution in [0.2, 0.25) is 0 Å². The van der Waals surface area contributed by atoms with Crippen molar-refractivity contribution in [3.8, 4) is 5.75 Å². The van der Waals surface area contributed by atoms with Gasteiger partial charge in [0.1, 0.15) is 22.7 Å². The van der Waals surface area contributed by atoms with E-state index in [1.54, 1.807) is 23.2 Å². The van der Waals surface area contributed by atoms with Crippen molar-refractivity contribution in [2.45, 2.75) is 25.9 Å². The Morgan fingerprint density at radius 1 is 1.53 bits per heavy atom. The Hall–Kier alpha value is -1.36. The van der Waals surface area contributed by atoms with Crippen LogP contribution in [0.3, 0.4) is 0 Å². The highest BCUT2D eigenvalue weighted by atomic mass is 79.9. The minimum absolute atomic E-state index is 0.105. The molecule has 1 aliphatic rings. The molecule has 17 heavy (non-hydrogen) atoms. The van der Waals surface area contributed by atoms with E-state index >= 15 is 0 Å². The molecule has 1 N–H and O–H groups in total. The Morgan fingerprint density at radius 3 is 2.82 bits per heavy atom. The fraction of sp³-hybridized carbons (Fsp3) is 0.333. The second-order valence-electron chi connectivity index (χ2n) is 4.22. The van der Waals surface area contributed by atoms with Crippen LogP contribution >= 0.6 is 15.9 Å². The van der Waals surface area contributed by atoms with Crippen LogP contribution in [0, 0.1) is 0 Å². The molecule has 0 saturated heterocycles. The van der Waals surface area contributed by atoms with E-state index in [1.165, 1.54) is 0 Å². The average molecular weight is 297 g/mol. The number of hydrogen-bond donors (Lipinski definition) is 1. The smallest absolute Gasteiger partial charge is 0.148 e. The number of benzene rings is 1. The highest BCUT2D eigenvalue weighted by molar-refractivity contribution is 9.18. The minimum atomic E-state index is -0.446. The number of hydrazone groups is 1. The summed E-state index contributed by atoms with van der Waals surface area (Å²) in [6.45, 7) is 3.93. The number of carbonyl (C=O) groups excluding carboxylic acids is 1. The summed E-state index contributed by atoms with van der Waals surface area (Å²) in [5.74, 6) is 0.154. The zero-order chi connectivity index (χ0) is 12.6. The molecule has 1 unspecified atom stereocenters. The molecule has 0 radical (unpaired) electrons. The number of fused-ring (bicyclic) bond motifs is 1. The lowest BCUT2D eigenvalue weighted by atomic mass is 9.99. The summed E-state index contributed by atoms with van der Waals surface area (Å²) >= 11 is 3.39. The summed E-state index contributed by atoms with van der Waals surface area (Å²) < 4.78 is 0.680. The molecule has 0 spiro atoms. The molecule has 0 aromatic heterocycles. The predicted molar refractivity (Wildman–Crippen MR) is 69.4 cm³/mol. The molecule has 1 aromatic rings. The van der Waals surface area contributed by atoms with Gasteiger partial charge in [0.2, 0.25) is 0 Å². The van der Waals surface area contributed by atoms with Crippen LogP contribution in [-0.2, 0) is 4.79 Å². The van der Waals surface area contributed by atoms with E-state index in [1.807, 2.05) is 13.8 Å². The van der Waals surface area contributed by atoms with Gasteiger partial charge in [-0.25, -0.2) is 0 Å². The quantitative estimate of drug-likeness (QED) is 0.853. The summed E-state index contributed by atoms with van der Waals surface area (Å²) in [6.07, 6.45) is 0.848. The lowest BCUT2D eigenvalue weighted by Crippen LogP contribution is -2.35. The van der Waals surface area contributed by atoms with E-state index in [9.17, 15) is 9.90 Å². The van der Waals surface area contributed by atoms with Crippen molar-refractivity contribution in [1.82, 2.24) is 5.01 Å². The Labute approximate surface area is 108 Å². The van der Waals surface area contributed by atoms with Crippen LogP contribution in [0.4, 0.5) is 0 Å². The van der Waals surface area contributed by atoms with E-state index < -0.39 is 6.04 Å². The monoisotopic (exact) mass is 296 g/mol. The van der Waals surface area contributed by atoms with Gasteiger partial charge in [-0.2, -0.15) is 5.10 Å². The first-order chi connectivity index (χ1) is 8.04. The molecule has 1 heterocycles. The molecular weight excluding hydrogens is 284 g/mol. The first kappa shape index (κ1) is 12.1. The Morgan fingerprint density at radius 2 is 2.24 bits per heavy atom. The largest absolute Gasteiger partial charge is 0.508 e. The predicted octanol–water partition coefficient (Wildman–Crippen LogP) is 2.41. The highest BCUT2D eigenvalue weighted by Crippen LogP contribution is 2.33. The Kier molecular flexibility index (Phi) is 3.19. The maximum absolute atomic E-state index is 11.2. The van der Waals surface area contributed by atoms with Crippen LogP contribution in [0.1, 0.15) is 31.0 Å². The number of halogens is 1. The molecule has 1 aromatic carbocycles. The van der Waals surface area contributed by atoms with Crippen molar-refractivity contribution in [2.24, 2.45) is 5.10 Å². The maximum atomic E-state index is 11.2. The van der Waals surface area contributed by atoms with Crippen molar-refractivity contribution in [1.29, 1.82) is 0 Å². The number of hydrogen-bond acceptors (Lipinski definition) is 4. The number of nitrogens with zero attached hydrogens (tertiary/aromatic N) is 2. The summed E-state index contributed by atoms with van der Waals surface area (Å²) in [4.78, 5) is 11.2. The summed E-state index contributed by atoms with van der Waals surface area (Å²) in [5.41, 5.74) is 1.62. The Bertz CT molecular complexity index is 485. The molecule has 4 nitrogen and oxygen atoms in total. The molecule has 0 bridgehead atoms. The van der Waals surface area contributed by atoms with Crippen LogP contribution in [0.5, 0.6) is 5.75 Å².